The lowest BCUT2D eigenvalue weighted by atomic mass is 10.2. The zero-order chi connectivity index (χ0) is 19.1. The molecule has 0 aliphatic carbocycles. The van der Waals surface area contributed by atoms with Crippen molar-refractivity contribution in [3.8, 4) is 0 Å². The maximum absolute atomic E-state index is 10.9. The topological polar surface area (TPSA) is 64.6 Å². The summed E-state index contributed by atoms with van der Waals surface area (Å²) in [5, 5.41) is 3.06. The number of rotatable bonds is 4. The Bertz CT molecular complexity index is 560. The van der Waals surface area contributed by atoms with Crippen molar-refractivity contribution < 1.29 is 19.1 Å². The molecule has 1 aliphatic heterocycles. The molecule has 25 heavy (non-hydrogen) atoms. The van der Waals surface area contributed by atoms with Crippen LogP contribution in [0.25, 0.3) is 6.08 Å². The van der Waals surface area contributed by atoms with Gasteiger partial charge in [-0.1, -0.05) is 56.1 Å². The van der Waals surface area contributed by atoms with Gasteiger partial charge in [0, 0.05) is 18.7 Å². The van der Waals surface area contributed by atoms with Gasteiger partial charge in [0.1, 0.15) is 6.10 Å². The van der Waals surface area contributed by atoms with Gasteiger partial charge in [-0.25, -0.2) is 4.79 Å². The summed E-state index contributed by atoms with van der Waals surface area (Å²) in [6.07, 6.45) is 2.84. The van der Waals surface area contributed by atoms with Gasteiger partial charge < -0.3 is 14.8 Å². The van der Waals surface area contributed by atoms with Crippen LogP contribution in [0, 0.1) is 0 Å². The number of benzene rings is 1. The highest BCUT2D eigenvalue weighted by atomic mass is 16.5. The van der Waals surface area contributed by atoms with Crippen molar-refractivity contribution in [2.45, 2.75) is 13.0 Å². The number of carbonyl (C=O) groups is 2. The lowest BCUT2D eigenvalue weighted by Crippen LogP contribution is -2.42. The van der Waals surface area contributed by atoms with Gasteiger partial charge in [-0.15, -0.1) is 0 Å². The third kappa shape index (κ3) is 10.8. The summed E-state index contributed by atoms with van der Waals surface area (Å²) in [5.74, 6) is -0.382. The highest BCUT2D eigenvalue weighted by Gasteiger charge is 2.18. The van der Waals surface area contributed by atoms with Crippen LogP contribution >= 0.6 is 0 Å². The van der Waals surface area contributed by atoms with E-state index in [2.05, 4.69) is 29.8 Å². The van der Waals surface area contributed by atoms with Gasteiger partial charge in [0.05, 0.1) is 13.7 Å². The predicted molar refractivity (Wildman–Crippen MR) is 101 cm³/mol. The standard InChI is InChI=1S/C8H8.C7H11NO2.C5H8O2/c1-2-8-6-4-3-5-7-8;1-2-6(9)7-5-8-3-4-10-7;1-4(2)5(6)7-3/h2-7H,1H2;2,7-8H,1,3-5H2;1H2,2-3H3. The molecule has 1 N–H and O–H groups in total. The number of hydrogen-bond acceptors (Lipinski definition) is 5. The molecule has 1 aromatic rings. The molecule has 1 atom stereocenters. The van der Waals surface area contributed by atoms with Gasteiger partial charge in [-0.2, -0.15) is 0 Å². The van der Waals surface area contributed by atoms with E-state index in [9.17, 15) is 9.59 Å². The molecular formula is C20H27NO4. The van der Waals surface area contributed by atoms with Gasteiger partial charge in [0.15, 0.2) is 5.78 Å². The Balaban J connectivity index is 0.000000353. The number of esters is 1. The third-order valence-electron chi connectivity index (χ3n) is 3.02. The van der Waals surface area contributed by atoms with Gasteiger partial charge in [0.2, 0.25) is 0 Å². The van der Waals surface area contributed by atoms with E-state index in [0.717, 1.165) is 6.54 Å². The summed E-state index contributed by atoms with van der Waals surface area (Å²) in [6, 6.07) is 10.0. The number of ether oxygens (including phenoxy) is 2. The molecule has 0 amide bonds. The van der Waals surface area contributed by atoms with E-state index >= 15 is 0 Å². The molecule has 1 fully saturated rings. The maximum atomic E-state index is 10.9. The fourth-order valence-corrected chi connectivity index (χ4v) is 1.64. The first-order valence-corrected chi connectivity index (χ1v) is 7.86. The van der Waals surface area contributed by atoms with Crippen LogP contribution in [0.3, 0.4) is 0 Å². The number of carbonyl (C=O) groups excluding carboxylic acids is 2. The highest BCUT2D eigenvalue weighted by molar-refractivity contribution is 5.93. The van der Waals surface area contributed by atoms with E-state index in [1.54, 1.807) is 6.92 Å². The number of methoxy groups -OCH3 is 1. The fraction of sp³-hybridized carbons (Fsp3) is 0.300. The number of nitrogens with one attached hydrogen (secondary N) is 1. The average Bonchev–Trinajstić information content (AvgIpc) is 2.68. The first-order chi connectivity index (χ1) is 12.0. The van der Waals surface area contributed by atoms with E-state index in [-0.39, 0.29) is 17.9 Å². The van der Waals surface area contributed by atoms with Crippen molar-refractivity contribution in [3.05, 3.63) is 67.3 Å². The average molecular weight is 345 g/mol. The van der Waals surface area contributed by atoms with Crippen molar-refractivity contribution >= 4 is 17.8 Å². The van der Waals surface area contributed by atoms with Crippen LogP contribution in [0.5, 0.6) is 0 Å². The Morgan fingerprint density at radius 1 is 1.28 bits per heavy atom. The molecule has 2 rings (SSSR count). The molecule has 0 spiro atoms. The Kier molecular flexibility index (Phi) is 12.5. The van der Waals surface area contributed by atoms with Gasteiger partial charge >= 0.3 is 5.97 Å². The van der Waals surface area contributed by atoms with Crippen LogP contribution in [0.2, 0.25) is 0 Å². The van der Waals surface area contributed by atoms with E-state index in [4.69, 9.17) is 4.74 Å². The largest absolute Gasteiger partial charge is 0.466 e. The quantitative estimate of drug-likeness (QED) is 0.671. The van der Waals surface area contributed by atoms with Crippen molar-refractivity contribution in [3.63, 3.8) is 0 Å². The SMILES string of the molecule is C=C(C)C(=O)OC.C=CC(=O)C1CNCCO1.C=Cc1ccccc1. The minimum Gasteiger partial charge on any atom is -0.466 e. The van der Waals surface area contributed by atoms with Crippen LogP contribution in [0.1, 0.15) is 12.5 Å². The summed E-state index contributed by atoms with van der Waals surface area (Å²) >= 11 is 0. The lowest BCUT2D eigenvalue weighted by Gasteiger charge is -2.20. The van der Waals surface area contributed by atoms with E-state index < -0.39 is 0 Å². The van der Waals surface area contributed by atoms with Crippen LogP contribution in [-0.4, -0.2) is 44.7 Å². The Morgan fingerprint density at radius 3 is 2.24 bits per heavy atom. The van der Waals surface area contributed by atoms with Crippen LogP contribution in [0.4, 0.5) is 0 Å². The maximum Gasteiger partial charge on any atom is 0.332 e. The van der Waals surface area contributed by atoms with Gasteiger partial charge in [-0.05, 0) is 18.6 Å². The summed E-state index contributed by atoms with van der Waals surface area (Å²) in [7, 11) is 1.33. The molecule has 5 heteroatoms. The molecule has 1 aromatic carbocycles. The molecule has 0 aromatic heterocycles. The van der Waals surface area contributed by atoms with Crippen molar-refractivity contribution in [1.29, 1.82) is 0 Å². The normalized spacial score (nSPS) is 15.2. The number of ketones is 1. The van der Waals surface area contributed by atoms with E-state index in [1.165, 1.54) is 18.7 Å². The Morgan fingerprint density at radius 2 is 1.92 bits per heavy atom. The minimum atomic E-state index is -0.347. The third-order valence-corrected chi connectivity index (χ3v) is 3.02. The molecule has 1 saturated heterocycles. The molecule has 1 aliphatic rings. The van der Waals surface area contributed by atoms with Crippen LogP contribution in [-0.2, 0) is 19.1 Å². The molecule has 1 unspecified atom stereocenters. The monoisotopic (exact) mass is 345 g/mol. The molecule has 136 valence electrons. The fourth-order valence-electron chi connectivity index (χ4n) is 1.64. The summed E-state index contributed by atoms with van der Waals surface area (Å²) in [4.78, 5) is 21.1. The lowest BCUT2D eigenvalue weighted by molar-refractivity contribution is -0.136. The van der Waals surface area contributed by atoms with Crippen LogP contribution in [0.15, 0.2) is 61.7 Å². The zero-order valence-electron chi connectivity index (χ0n) is 15.0. The van der Waals surface area contributed by atoms with E-state index in [1.807, 2.05) is 36.4 Å². The second kappa shape index (κ2) is 13.9. The molecule has 1 heterocycles. The minimum absolute atomic E-state index is 0.0350. The summed E-state index contributed by atoms with van der Waals surface area (Å²) in [5.41, 5.74) is 1.61. The molecule has 0 radical (unpaired) electrons. The second-order valence-electron chi connectivity index (χ2n) is 5.06. The zero-order valence-corrected chi connectivity index (χ0v) is 15.0. The predicted octanol–water partition coefficient (Wildman–Crippen LogP) is 2.80. The van der Waals surface area contributed by atoms with Crippen molar-refractivity contribution in [1.82, 2.24) is 5.32 Å². The highest BCUT2D eigenvalue weighted by Crippen LogP contribution is 1.98. The number of hydrogen-bond donors (Lipinski definition) is 1. The van der Waals surface area contributed by atoms with Gasteiger partial charge in [-0.3, -0.25) is 4.79 Å². The number of morpholine rings is 1. The van der Waals surface area contributed by atoms with Crippen molar-refractivity contribution in [2.75, 3.05) is 26.8 Å². The Labute approximate surface area is 150 Å². The molecule has 5 nitrogen and oxygen atoms in total. The molecule has 0 saturated carbocycles. The van der Waals surface area contributed by atoms with E-state index in [0.29, 0.717) is 18.7 Å². The van der Waals surface area contributed by atoms with Crippen LogP contribution < -0.4 is 5.32 Å². The van der Waals surface area contributed by atoms with Gasteiger partial charge in [0.25, 0.3) is 0 Å². The summed E-state index contributed by atoms with van der Waals surface area (Å²) in [6.45, 7) is 14.0. The molecular weight excluding hydrogens is 318 g/mol. The van der Waals surface area contributed by atoms with Crippen molar-refractivity contribution in [2.24, 2.45) is 0 Å². The Hall–Kier alpha value is -2.50. The molecule has 0 bridgehead atoms. The first-order valence-electron chi connectivity index (χ1n) is 7.86. The first kappa shape index (κ1) is 22.5. The smallest absolute Gasteiger partial charge is 0.332 e. The summed E-state index contributed by atoms with van der Waals surface area (Å²) < 4.78 is 9.42. The second-order valence-corrected chi connectivity index (χ2v) is 5.06.